The smallest absolute Gasteiger partial charge is 0.313 e. The van der Waals surface area contributed by atoms with E-state index in [1.807, 2.05) is 12.1 Å². The SMILES string of the molecule is COC(=O)C(c1ccc(Br)c(I)c1)C1CC1. The third kappa shape index (κ3) is 2.59. The lowest BCUT2D eigenvalue weighted by Gasteiger charge is -2.14. The summed E-state index contributed by atoms with van der Waals surface area (Å²) in [5.74, 6) is 0.289. The van der Waals surface area contributed by atoms with Crippen LogP contribution in [0.15, 0.2) is 22.7 Å². The largest absolute Gasteiger partial charge is 0.469 e. The minimum Gasteiger partial charge on any atom is -0.469 e. The van der Waals surface area contributed by atoms with Crippen LogP contribution >= 0.6 is 38.5 Å². The van der Waals surface area contributed by atoms with Gasteiger partial charge in [-0.1, -0.05) is 6.07 Å². The Kier molecular flexibility index (Phi) is 3.89. The second kappa shape index (κ2) is 5.04. The fourth-order valence-corrected chi connectivity index (χ4v) is 2.65. The summed E-state index contributed by atoms with van der Waals surface area (Å²) >= 11 is 5.73. The van der Waals surface area contributed by atoms with Gasteiger partial charge >= 0.3 is 5.97 Å². The first-order valence-electron chi connectivity index (χ1n) is 5.16. The van der Waals surface area contributed by atoms with Gasteiger partial charge in [0, 0.05) is 8.04 Å². The van der Waals surface area contributed by atoms with Crippen molar-refractivity contribution in [3.05, 3.63) is 31.8 Å². The summed E-state index contributed by atoms with van der Waals surface area (Å²) in [6.07, 6.45) is 2.26. The van der Waals surface area contributed by atoms with Crippen molar-refractivity contribution < 1.29 is 9.53 Å². The molecule has 0 spiro atoms. The first kappa shape index (κ1) is 12.4. The number of carbonyl (C=O) groups excluding carboxylic acids is 1. The van der Waals surface area contributed by atoms with Crippen LogP contribution in [-0.2, 0) is 9.53 Å². The Morgan fingerprint density at radius 2 is 2.25 bits per heavy atom. The van der Waals surface area contributed by atoms with Crippen molar-refractivity contribution in [2.45, 2.75) is 18.8 Å². The first-order chi connectivity index (χ1) is 7.63. The highest BCUT2D eigenvalue weighted by molar-refractivity contribution is 14.1. The summed E-state index contributed by atoms with van der Waals surface area (Å²) in [7, 11) is 1.46. The Balaban J connectivity index is 2.31. The highest BCUT2D eigenvalue weighted by Gasteiger charge is 2.38. The van der Waals surface area contributed by atoms with Crippen molar-refractivity contribution >= 4 is 44.5 Å². The highest BCUT2D eigenvalue weighted by Crippen LogP contribution is 2.43. The van der Waals surface area contributed by atoms with E-state index in [4.69, 9.17) is 4.74 Å². The van der Waals surface area contributed by atoms with Gasteiger partial charge in [0.25, 0.3) is 0 Å². The topological polar surface area (TPSA) is 26.3 Å². The van der Waals surface area contributed by atoms with Crippen LogP contribution in [0.2, 0.25) is 0 Å². The van der Waals surface area contributed by atoms with E-state index in [0.717, 1.165) is 26.4 Å². The van der Waals surface area contributed by atoms with E-state index in [9.17, 15) is 4.79 Å². The molecule has 0 N–H and O–H groups in total. The van der Waals surface area contributed by atoms with Crippen molar-refractivity contribution in [3.63, 3.8) is 0 Å². The predicted octanol–water partition coefficient (Wildman–Crippen LogP) is 3.72. The third-order valence-electron chi connectivity index (χ3n) is 2.85. The lowest BCUT2D eigenvalue weighted by Crippen LogP contribution is -2.16. The highest BCUT2D eigenvalue weighted by atomic mass is 127. The van der Waals surface area contributed by atoms with Crippen LogP contribution < -0.4 is 0 Å². The number of carbonyl (C=O) groups is 1. The summed E-state index contributed by atoms with van der Waals surface area (Å²) in [6.45, 7) is 0. The lowest BCUT2D eigenvalue weighted by atomic mass is 9.94. The normalized spacial score (nSPS) is 16.9. The molecule has 0 amide bonds. The third-order valence-corrected chi connectivity index (χ3v) is 5.18. The van der Waals surface area contributed by atoms with E-state index in [-0.39, 0.29) is 11.9 Å². The van der Waals surface area contributed by atoms with Crippen LogP contribution in [0.3, 0.4) is 0 Å². The van der Waals surface area contributed by atoms with Gasteiger partial charge in [0.1, 0.15) is 0 Å². The van der Waals surface area contributed by atoms with Gasteiger partial charge in [0.2, 0.25) is 0 Å². The monoisotopic (exact) mass is 394 g/mol. The molecule has 2 rings (SSSR count). The summed E-state index contributed by atoms with van der Waals surface area (Å²) in [5.41, 5.74) is 1.07. The van der Waals surface area contributed by atoms with E-state index in [0.29, 0.717) is 5.92 Å². The molecule has 86 valence electrons. The van der Waals surface area contributed by atoms with Crippen LogP contribution in [0.5, 0.6) is 0 Å². The molecule has 1 aliphatic rings. The number of hydrogen-bond acceptors (Lipinski definition) is 2. The van der Waals surface area contributed by atoms with Crippen molar-refractivity contribution in [2.75, 3.05) is 7.11 Å². The fourth-order valence-electron chi connectivity index (χ4n) is 1.86. The average molecular weight is 395 g/mol. The summed E-state index contributed by atoms with van der Waals surface area (Å²) < 4.78 is 7.08. The zero-order valence-corrected chi connectivity index (χ0v) is 12.6. The molecule has 2 nitrogen and oxygen atoms in total. The molecule has 0 radical (unpaired) electrons. The Morgan fingerprint density at radius 1 is 1.56 bits per heavy atom. The fraction of sp³-hybridized carbons (Fsp3) is 0.417. The van der Waals surface area contributed by atoms with Crippen LogP contribution in [0.25, 0.3) is 0 Å². The zero-order chi connectivity index (χ0) is 11.7. The Bertz CT molecular complexity index is 415. The van der Waals surface area contributed by atoms with Crippen LogP contribution in [-0.4, -0.2) is 13.1 Å². The average Bonchev–Trinajstić information content (AvgIpc) is 3.07. The molecule has 1 aliphatic carbocycles. The maximum atomic E-state index is 11.8. The van der Waals surface area contributed by atoms with Gasteiger partial charge in [-0.05, 0) is 75.0 Å². The Hall–Kier alpha value is -0.100. The minimum absolute atomic E-state index is 0.0772. The number of halogens is 2. The van der Waals surface area contributed by atoms with Crippen molar-refractivity contribution in [1.82, 2.24) is 0 Å². The summed E-state index contributed by atoms with van der Waals surface area (Å²) in [6, 6.07) is 6.06. The molecule has 0 saturated heterocycles. The van der Waals surface area contributed by atoms with E-state index in [1.165, 1.54) is 7.11 Å². The molecule has 1 saturated carbocycles. The van der Waals surface area contributed by atoms with Gasteiger partial charge in [-0.3, -0.25) is 4.79 Å². The van der Waals surface area contributed by atoms with Gasteiger partial charge in [-0.2, -0.15) is 0 Å². The van der Waals surface area contributed by atoms with Gasteiger partial charge in [0.15, 0.2) is 0 Å². The molecule has 0 heterocycles. The van der Waals surface area contributed by atoms with Gasteiger partial charge in [0.05, 0.1) is 13.0 Å². The summed E-state index contributed by atoms with van der Waals surface area (Å²) in [5, 5.41) is 0. The standard InChI is InChI=1S/C12H12BrIO2/c1-16-12(15)11(7-2-3-7)8-4-5-9(13)10(14)6-8/h4-7,11H,2-3H2,1H3. The Labute approximate surface area is 117 Å². The number of esters is 1. The first-order valence-corrected chi connectivity index (χ1v) is 7.03. The number of benzene rings is 1. The van der Waals surface area contributed by atoms with Gasteiger partial charge in [-0.15, -0.1) is 0 Å². The van der Waals surface area contributed by atoms with Gasteiger partial charge in [-0.25, -0.2) is 0 Å². The number of rotatable bonds is 3. The van der Waals surface area contributed by atoms with E-state index >= 15 is 0 Å². The molecule has 16 heavy (non-hydrogen) atoms. The quantitative estimate of drug-likeness (QED) is 0.576. The molecule has 0 bridgehead atoms. The molecule has 1 fully saturated rings. The molecule has 0 aromatic heterocycles. The van der Waals surface area contributed by atoms with E-state index in [1.54, 1.807) is 0 Å². The molecule has 1 aromatic rings. The molecule has 1 atom stereocenters. The van der Waals surface area contributed by atoms with E-state index < -0.39 is 0 Å². The lowest BCUT2D eigenvalue weighted by molar-refractivity contribution is -0.143. The minimum atomic E-state index is -0.111. The number of ether oxygens (including phenoxy) is 1. The van der Waals surface area contributed by atoms with Crippen molar-refractivity contribution in [2.24, 2.45) is 5.92 Å². The predicted molar refractivity (Wildman–Crippen MR) is 74.3 cm³/mol. The van der Waals surface area contributed by atoms with E-state index in [2.05, 4.69) is 44.6 Å². The Morgan fingerprint density at radius 3 is 2.75 bits per heavy atom. The van der Waals surface area contributed by atoms with Gasteiger partial charge < -0.3 is 4.74 Å². The zero-order valence-electron chi connectivity index (χ0n) is 8.87. The van der Waals surface area contributed by atoms with Crippen LogP contribution in [0.4, 0.5) is 0 Å². The maximum Gasteiger partial charge on any atom is 0.313 e. The number of hydrogen-bond donors (Lipinski definition) is 0. The molecule has 0 aliphatic heterocycles. The molecule has 1 aromatic carbocycles. The maximum absolute atomic E-state index is 11.8. The molecule has 4 heteroatoms. The second-order valence-electron chi connectivity index (χ2n) is 4.01. The van der Waals surface area contributed by atoms with Crippen molar-refractivity contribution in [1.29, 1.82) is 0 Å². The molecular formula is C12H12BrIO2. The second-order valence-corrected chi connectivity index (χ2v) is 6.03. The molecular weight excluding hydrogens is 383 g/mol. The van der Waals surface area contributed by atoms with Crippen molar-refractivity contribution in [3.8, 4) is 0 Å². The number of methoxy groups -OCH3 is 1. The van der Waals surface area contributed by atoms with Crippen LogP contribution in [0, 0.1) is 9.49 Å². The van der Waals surface area contributed by atoms with Crippen LogP contribution in [0.1, 0.15) is 24.3 Å². The molecule has 1 unspecified atom stereocenters. The summed E-state index contributed by atoms with van der Waals surface area (Å²) in [4.78, 5) is 11.8.